The van der Waals surface area contributed by atoms with Gasteiger partial charge in [0, 0.05) is 16.3 Å². The van der Waals surface area contributed by atoms with E-state index in [1.807, 2.05) is 25.1 Å². The van der Waals surface area contributed by atoms with Gasteiger partial charge in [-0.1, -0.05) is 41.9 Å². The second-order valence-electron chi connectivity index (χ2n) is 7.16. The number of hydrogen-bond acceptors (Lipinski definition) is 5. The molecule has 0 heterocycles. The van der Waals surface area contributed by atoms with Crippen molar-refractivity contribution in [3.63, 3.8) is 0 Å². The van der Waals surface area contributed by atoms with E-state index in [1.54, 1.807) is 54.6 Å². The van der Waals surface area contributed by atoms with Gasteiger partial charge in [0.25, 0.3) is 11.8 Å². The first kappa shape index (κ1) is 24.4. The van der Waals surface area contributed by atoms with Crippen molar-refractivity contribution >= 4 is 40.9 Å². The van der Waals surface area contributed by atoms with Crippen LogP contribution in [0, 0.1) is 18.3 Å². The van der Waals surface area contributed by atoms with Crippen LogP contribution >= 0.6 is 11.6 Å². The predicted molar refractivity (Wildman–Crippen MR) is 132 cm³/mol. The van der Waals surface area contributed by atoms with Gasteiger partial charge in [0.1, 0.15) is 23.1 Å². The van der Waals surface area contributed by atoms with Gasteiger partial charge in [-0.2, -0.15) is 5.26 Å². The summed E-state index contributed by atoms with van der Waals surface area (Å²) in [6, 6.07) is 20.8. The normalized spacial score (nSPS) is 10.7. The van der Waals surface area contributed by atoms with Gasteiger partial charge < -0.3 is 20.1 Å². The van der Waals surface area contributed by atoms with Gasteiger partial charge in [-0.3, -0.25) is 9.59 Å². The first-order valence-electron chi connectivity index (χ1n) is 10.2. The average molecular weight is 476 g/mol. The van der Waals surface area contributed by atoms with Gasteiger partial charge in [-0.25, -0.2) is 0 Å². The van der Waals surface area contributed by atoms with Crippen LogP contribution in [0.15, 0.2) is 72.3 Å². The third-order valence-electron chi connectivity index (χ3n) is 4.77. The van der Waals surface area contributed by atoms with Crippen molar-refractivity contribution in [2.45, 2.75) is 6.92 Å². The lowest BCUT2D eigenvalue weighted by Crippen LogP contribution is -2.20. The summed E-state index contributed by atoms with van der Waals surface area (Å²) < 4.78 is 10.9. The molecule has 0 aliphatic heterocycles. The SMILES string of the molecule is COc1ccccc1NC(=O)COc1ccc(Cl)cc1/C=C(/C#N)C(=O)Nc1ccccc1C. The molecule has 2 amide bonds. The molecule has 3 aromatic rings. The fraction of sp³-hybridized carbons (Fsp3) is 0.115. The third kappa shape index (κ3) is 6.37. The van der Waals surface area contributed by atoms with Crippen molar-refractivity contribution < 1.29 is 19.1 Å². The van der Waals surface area contributed by atoms with Crippen molar-refractivity contribution in [1.82, 2.24) is 0 Å². The number of aryl methyl sites for hydroxylation is 1. The number of nitrogens with zero attached hydrogens (tertiary/aromatic N) is 1. The minimum absolute atomic E-state index is 0.145. The van der Waals surface area contributed by atoms with E-state index in [2.05, 4.69) is 10.6 Å². The number of anilines is 2. The van der Waals surface area contributed by atoms with E-state index in [0.29, 0.717) is 27.7 Å². The van der Waals surface area contributed by atoms with Gasteiger partial charge in [0.05, 0.1) is 12.8 Å². The summed E-state index contributed by atoms with van der Waals surface area (Å²) in [5.74, 6) is -0.177. The zero-order valence-corrected chi connectivity index (χ0v) is 19.3. The van der Waals surface area contributed by atoms with Crippen molar-refractivity contribution in [2.75, 3.05) is 24.4 Å². The van der Waals surface area contributed by atoms with Crippen molar-refractivity contribution in [1.29, 1.82) is 5.26 Å². The summed E-state index contributed by atoms with van der Waals surface area (Å²) in [6.45, 7) is 1.54. The van der Waals surface area contributed by atoms with Crippen molar-refractivity contribution in [2.24, 2.45) is 0 Å². The predicted octanol–water partition coefficient (Wildman–Crippen LogP) is 5.22. The number of rotatable bonds is 8. The highest BCUT2D eigenvalue weighted by Gasteiger charge is 2.14. The molecule has 8 heteroatoms. The lowest BCUT2D eigenvalue weighted by Gasteiger charge is -2.12. The number of methoxy groups -OCH3 is 1. The van der Waals surface area contributed by atoms with E-state index in [9.17, 15) is 14.9 Å². The van der Waals surface area contributed by atoms with Gasteiger partial charge in [-0.05, 0) is 55.0 Å². The van der Waals surface area contributed by atoms with E-state index < -0.39 is 11.8 Å². The van der Waals surface area contributed by atoms with E-state index in [4.69, 9.17) is 21.1 Å². The van der Waals surface area contributed by atoms with E-state index in [-0.39, 0.29) is 17.9 Å². The summed E-state index contributed by atoms with van der Waals surface area (Å²) >= 11 is 6.12. The first-order chi connectivity index (χ1) is 16.4. The summed E-state index contributed by atoms with van der Waals surface area (Å²) in [5.41, 5.74) is 2.21. The Kier molecular flexibility index (Phi) is 8.27. The molecule has 0 atom stereocenters. The summed E-state index contributed by atoms with van der Waals surface area (Å²) in [4.78, 5) is 25.1. The number of ether oxygens (including phenoxy) is 2. The lowest BCUT2D eigenvalue weighted by molar-refractivity contribution is -0.118. The summed E-state index contributed by atoms with van der Waals surface area (Å²) in [7, 11) is 1.51. The van der Waals surface area contributed by atoms with Crippen LogP contribution in [0.5, 0.6) is 11.5 Å². The molecular formula is C26H22ClN3O4. The van der Waals surface area contributed by atoms with Crippen LogP contribution in [0.2, 0.25) is 5.02 Å². The Labute approximate surface area is 202 Å². The van der Waals surface area contributed by atoms with E-state index in [0.717, 1.165) is 5.56 Å². The summed E-state index contributed by atoms with van der Waals surface area (Å²) in [5, 5.41) is 15.4. The van der Waals surface area contributed by atoms with Crippen LogP contribution in [0.3, 0.4) is 0 Å². The van der Waals surface area contributed by atoms with Gasteiger partial charge in [0.15, 0.2) is 6.61 Å². The van der Waals surface area contributed by atoms with Crippen LogP contribution in [0.1, 0.15) is 11.1 Å². The molecule has 0 spiro atoms. The number of carbonyl (C=O) groups excluding carboxylic acids is 2. The lowest BCUT2D eigenvalue weighted by atomic mass is 10.1. The first-order valence-corrected chi connectivity index (χ1v) is 10.6. The van der Waals surface area contributed by atoms with Crippen LogP contribution in [0.25, 0.3) is 6.08 Å². The van der Waals surface area contributed by atoms with Crippen LogP contribution in [-0.4, -0.2) is 25.5 Å². The van der Waals surface area contributed by atoms with Gasteiger partial charge in [0.2, 0.25) is 0 Å². The zero-order chi connectivity index (χ0) is 24.5. The smallest absolute Gasteiger partial charge is 0.266 e. The molecule has 0 aliphatic rings. The number of nitriles is 1. The molecule has 34 heavy (non-hydrogen) atoms. The maximum absolute atomic E-state index is 12.7. The molecule has 0 bridgehead atoms. The number of benzene rings is 3. The number of halogens is 1. The number of nitrogens with one attached hydrogen (secondary N) is 2. The molecule has 172 valence electrons. The number of hydrogen-bond donors (Lipinski definition) is 2. The Morgan fingerprint density at radius 2 is 1.71 bits per heavy atom. The molecule has 7 nitrogen and oxygen atoms in total. The Morgan fingerprint density at radius 1 is 1.00 bits per heavy atom. The number of carbonyl (C=O) groups is 2. The average Bonchev–Trinajstić information content (AvgIpc) is 2.83. The number of para-hydroxylation sites is 3. The molecule has 0 aromatic heterocycles. The fourth-order valence-electron chi connectivity index (χ4n) is 3.05. The van der Waals surface area contributed by atoms with Crippen molar-refractivity contribution in [3.05, 3.63) is 88.5 Å². The van der Waals surface area contributed by atoms with Gasteiger partial charge in [-0.15, -0.1) is 0 Å². The Bertz CT molecular complexity index is 1280. The monoisotopic (exact) mass is 475 g/mol. The third-order valence-corrected chi connectivity index (χ3v) is 5.00. The largest absolute Gasteiger partial charge is 0.495 e. The van der Waals surface area contributed by atoms with E-state index >= 15 is 0 Å². The maximum Gasteiger partial charge on any atom is 0.266 e. The fourth-order valence-corrected chi connectivity index (χ4v) is 3.23. The highest BCUT2D eigenvalue weighted by atomic mass is 35.5. The highest BCUT2D eigenvalue weighted by molar-refractivity contribution is 6.30. The molecule has 0 saturated carbocycles. The Morgan fingerprint density at radius 3 is 2.41 bits per heavy atom. The molecule has 0 radical (unpaired) electrons. The molecule has 2 N–H and O–H groups in total. The maximum atomic E-state index is 12.7. The molecular weight excluding hydrogens is 454 g/mol. The second kappa shape index (κ2) is 11.5. The van der Waals surface area contributed by atoms with Crippen molar-refractivity contribution in [3.8, 4) is 17.6 Å². The molecule has 0 saturated heterocycles. The Hall–Kier alpha value is -4.28. The quantitative estimate of drug-likeness (QED) is 0.343. The molecule has 0 aliphatic carbocycles. The minimum atomic E-state index is -0.573. The zero-order valence-electron chi connectivity index (χ0n) is 18.6. The summed E-state index contributed by atoms with van der Waals surface area (Å²) in [6.07, 6.45) is 1.37. The second-order valence-corrected chi connectivity index (χ2v) is 7.59. The van der Waals surface area contributed by atoms with Crippen LogP contribution < -0.4 is 20.1 Å². The topological polar surface area (TPSA) is 100 Å². The molecule has 0 fully saturated rings. The van der Waals surface area contributed by atoms with E-state index in [1.165, 1.54) is 13.2 Å². The molecule has 3 rings (SSSR count). The molecule has 3 aromatic carbocycles. The molecule has 0 unspecified atom stereocenters. The highest BCUT2D eigenvalue weighted by Crippen LogP contribution is 2.27. The minimum Gasteiger partial charge on any atom is -0.495 e. The van der Waals surface area contributed by atoms with Gasteiger partial charge >= 0.3 is 0 Å². The standard InChI is InChI=1S/C26H22ClN3O4/c1-17-7-3-4-8-21(17)30-26(32)19(15-28)13-18-14-20(27)11-12-23(18)34-16-25(31)29-22-9-5-6-10-24(22)33-2/h3-14H,16H2,1-2H3,(H,29,31)(H,30,32)/b19-13-. The Balaban J connectivity index is 1.76. The number of amides is 2. The van der Waals surface area contributed by atoms with Crippen LogP contribution in [-0.2, 0) is 9.59 Å². The van der Waals surface area contributed by atoms with Crippen LogP contribution in [0.4, 0.5) is 11.4 Å².